The summed E-state index contributed by atoms with van der Waals surface area (Å²) in [5, 5.41) is 2.59. The van der Waals surface area contributed by atoms with Gasteiger partial charge in [-0.05, 0) is 7.05 Å². The first-order valence-electron chi connectivity index (χ1n) is 9.69. The fourth-order valence-corrected chi connectivity index (χ4v) is 5.93. The number of likely N-dealkylation sites (N-methyl/N-ethyl adjacent to an activating group) is 1. The van der Waals surface area contributed by atoms with Crippen LogP contribution >= 0.6 is 11.3 Å². The SMILES string of the molecule is CN1CCN(S(=O)(=O)N2CCN(C(=O)c3csc(-c4ccccc4)n3)CC2)CC1. The lowest BCUT2D eigenvalue weighted by molar-refractivity contribution is 0.0687. The van der Waals surface area contributed by atoms with Crippen molar-refractivity contribution in [3.63, 3.8) is 0 Å². The summed E-state index contributed by atoms with van der Waals surface area (Å²) in [6, 6.07) is 9.76. The number of hydrogen-bond acceptors (Lipinski definition) is 6. The second-order valence-corrected chi connectivity index (χ2v) is 10.1. The molecule has 1 amide bonds. The third-order valence-electron chi connectivity index (χ3n) is 5.38. The lowest BCUT2D eigenvalue weighted by Gasteiger charge is -2.38. The lowest BCUT2D eigenvalue weighted by atomic mass is 10.2. The molecule has 1 aromatic carbocycles. The molecule has 0 aliphatic carbocycles. The molecule has 2 aromatic rings. The molecule has 0 N–H and O–H groups in total. The van der Waals surface area contributed by atoms with E-state index in [1.54, 1.807) is 14.6 Å². The fourth-order valence-electron chi connectivity index (χ4n) is 3.55. The van der Waals surface area contributed by atoms with Gasteiger partial charge in [0.15, 0.2) is 0 Å². The number of benzene rings is 1. The largest absolute Gasteiger partial charge is 0.335 e. The van der Waals surface area contributed by atoms with Gasteiger partial charge in [0.25, 0.3) is 16.1 Å². The first-order valence-corrected chi connectivity index (χ1v) is 12.0. The van der Waals surface area contributed by atoms with E-state index in [0.717, 1.165) is 23.7 Å². The second-order valence-electron chi connectivity index (χ2n) is 7.31. The predicted molar refractivity (Wildman–Crippen MR) is 113 cm³/mol. The molecule has 8 nitrogen and oxygen atoms in total. The summed E-state index contributed by atoms with van der Waals surface area (Å²) in [7, 11) is -1.47. The smallest absolute Gasteiger partial charge is 0.282 e. The van der Waals surface area contributed by atoms with Gasteiger partial charge in [-0.1, -0.05) is 30.3 Å². The molecule has 4 rings (SSSR count). The minimum absolute atomic E-state index is 0.139. The molecular formula is C19H25N5O3S2. The Kier molecular flexibility index (Phi) is 5.98. The zero-order valence-electron chi connectivity index (χ0n) is 16.4. The van der Waals surface area contributed by atoms with Crippen molar-refractivity contribution in [1.82, 2.24) is 23.4 Å². The number of nitrogens with zero attached hydrogens (tertiary/aromatic N) is 5. The average molecular weight is 436 g/mol. The van der Waals surface area contributed by atoms with E-state index in [1.807, 2.05) is 37.4 Å². The highest BCUT2D eigenvalue weighted by Gasteiger charge is 2.35. The summed E-state index contributed by atoms with van der Waals surface area (Å²) in [6.45, 7) is 3.90. The molecular weight excluding hydrogens is 410 g/mol. The zero-order chi connectivity index (χ0) is 20.4. The predicted octanol–water partition coefficient (Wildman–Crippen LogP) is 1.06. The van der Waals surface area contributed by atoms with Gasteiger partial charge in [-0.25, -0.2) is 4.98 Å². The minimum atomic E-state index is -3.47. The summed E-state index contributed by atoms with van der Waals surface area (Å²) in [5.74, 6) is -0.139. The van der Waals surface area contributed by atoms with Gasteiger partial charge in [0, 0.05) is 63.3 Å². The van der Waals surface area contributed by atoms with Crippen LogP contribution in [0.4, 0.5) is 0 Å². The first-order chi connectivity index (χ1) is 13.9. The highest BCUT2D eigenvalue weighted by molar-refractivity contribution is 7.86. The van der Waals surface area contributed by atoms with Crippen LogP contribution in [0.3, 0.4) is 0 Å². The van der Waals surface area contributed by atoms with E-state index < -0.39 is 10.2 Å². The monoisotopic (exact) mass is 435 g/mol. The number of hydrogen-bond donors (Lipinski definition) is 0. The second kappa shape index (κ2) is 8.49. The van der Waals surface area contributed by atoms with Crippen LogP contribution in [0.15, 0.2) is 35.7 Å². The molecule has 0 saturated carbocycles. The van der Waals surface area contributed by atoms with Crippen LogP contribution in [0.5, 0.6) is 0 Å². The summed E-state index contributed by atoms with van der Waals surface area (Å²) < 4.78 is 28.8. The van der Waals surface area contributed by atoms with Crippen LogP contribution in [0.2, 0.25) is 0 Å². The van der Waals surface area contributed by atoms with Crippen molar-refractivity contribution in [3.05, 3.63) is 41.4 Å². The fraction of sp³-hybridized carbons (Fsp3) is 0.474. The van der Waals surface area contributed by atoms with Crippen LogP contribution in [0, 0.1) is 0 Å². The number of aromatic nitrogens is 1. The van der Waals surface area contributed by atoms with E-state index in [9.17, 15) is 13.2 Å². The van der Waals surface area contributed by atoms with Gasteiger partial charge in [0.1, 0.15) is 10.7 Å². The maximum Gasteiger partial charge on any atom is 0.282 e. The van der Waals surface area contributed by atoms with Gasteiger partial charge in [-0.15, -0.1) is 11.3 Å². The van der Waals surface area contributed by atoms with E-state index in [1.165, 1.54) is 15.6 Å². The Balaban J connectivity index is 1.37. The van der Waals surface area contributed by atoms with Crippen LogP contribution < -0.4 is 0 Å². The Labute approximate surface area is 175 Å². The van der Waals surface area contributed by atoms with Gasteiger partial charge in [0.05, 0.1) is 0 Å². The van der Waals surface area contributed by atoms with Crippen molar-refractivity contribution in [1.29, 1.82) is 0 Å². The van der Waals surface area contributed by atoms with Crippen molar-refractivity contribution >= 4 is 27.5 Å². The first kappa shape index (κ1) is 20.4. The van der Waals surface area contributed by atoms with E-state index in [2.05, 4.69) is 9.88 Å². The molecule has 0 bridgehead atoms. The van der Waals surface area contributed by atoms with Crippen LogP contribution in [0.25, 0.3) is 10.6 Å². The number of thiazole rings is 1. The molecule has 2 saturated heterocycles. The molecule has 10 heteroatoms. The maximum absolute atomic E-state index is 12.9. The number of piperazine rings is 2. The molecule has 3 heterocycles. The minimum Gasteiger partial charge on any atom is -0.335 e. The molecule has 0 atom stereocenters. The normalized spacial score (nSPS) is 20.1. The van der Waals surface area contributed by atoms with E-state index >= 15 is 0 Å². The molecule has 29 heavy (non-hydrogen) atoms. The zero-order valence-corrected chi connectivity index (χ0v) is 18.0. The summed E-state index contributed by atoms with van der Waals surface area (Å²) in [4.78, 5) is 21.1. The number of rotatable bonds is 4. The third kappa shape index (κ3) is 4.36. The molecule has 0 spiro atoms. The van der Waals surface area contributed by atoms with Crippen molar-refractivity contribution in [2.75, 3.05) is 59.4 Å². The van der Waals surface area contributed by atoms with Crippen molar-refractivity contribution in [2.45, 2.75) is 0 Å². The van der Waals surface area contributed by atoms with E-state index in [0.29, 0.717) is 45.0 Å². The van der Waals surface area contributed by atoms with Crippen LogP contribution in [-0.4, -0.2) is 97.1 Å². The summed E-state index contributed by atoms with van der Waals surface area (Å²) >= 11 is 1.44. The van der Waals surface area contributed by atoms with Crippen LogP contribution in [-0.2, 0) is 10.2 Å². The van der Waals surface area contributed by atoms with Crippen molar-refractivity contribution < 1.29 is 13.2 Å². The van der Waals surface area contributed by atoms with Crippen LogP contribution in [0.1, 0.15) is 10.5 Å². The van der Waals surface area contributed by atoms with Gasteiger partial charge < -0.3 is 9.80 Å². The highest BCUT2D eigenvalue weighted by atomic mass is 32.2. The van der Waals surface area contributed by atoms with Gasteiger partial charge in [-0.3, -0.25) is 4.79 Å². The number of carbonyl (C=O) groups excluding carboxylic acids is 1. The van der Waals surface area contributed by atoms with Gasteiger partial charge in [-0.2, -0.15) is 17.0 Å². The molecule has 2 aliphatic rings. The molecule has 156 valence electrons. The Bertz CT molecular complexity index is 947. The maximum atomic E-state index is 12.9. The van der Waals surface area contributed by atoms with Gasteiger partial charge >= 0.3 is 0 Å². The standard InChI is InChI=1S/C19H25N5O3S2/c1-21-7-11-23(12-8-21)29(26,27)24-13-9-22(10-14-24)19(25)17-15-28-18(20-17)16-5-3-2-4-6-16/h2-6,15H,7-14H2,1H3. The summed E-state index contributed by atoms with van der Waals surface area (Å²) in [6.07, 6.45) is 0. The molecule has 0 unspecified atom stereocenters. The summed E-state index contributed by atoms with van der Waals surface area (Å²) in [5.41, 5.74) is 1.41. The third-order valence-corrected chi connectivity index (χ3v) is 8.31. The Morgan fingerprint density at radius 2 is 1.52 bits per heavy atom. The highest BCUT2D eigenvalue weighted by Crippen LogP contribution is 2.24. The van der Waals surface area contributed by atoms with E-state index in [-0.39, 0.29) is 5.91 Å². The molecule has 0 radical (unpaired) electrons. The molecule has 2 aliphatic heterocycles. The topological polar surface area (TPSA) is 77.1 Å². The number of amides is 1. The number of carbonyl (C=O) groups is 1. The molecule has 2 fully saturated rings. The van der Waals surface area contributed by atoms with Gasteiger partial charge in [0.2, 0.25) is 0 Å². The Morgan fingerprint density at radius 1 is 0.931 bits per heavy atom. The average Bonchev–Trinajstić information content (AvgIpc) is 3.24. The lowest BCUT2D eigenvalue weighted by Crippen LogP contribution is -2.57. The van der Waals surface area contributed by atoms with E-state index in [4.69, 9.17) is 0 Å². The van der Waals surface area contributed by atoms with Crippen molar-refractivity contribution in [2.24, 2.45) is 0 Å². The molecule has 1 aromatic heterocycles. The Hall–Kier alpha value is -1.85. The van der Waals surface area contributed by atoms with Crippen molar-refractivity contribution in [3.8, 4) is 10.6 Å². The Morgan fingerprint density at radius 3 is 2.14 bits per heavy atom. The quantitative estimate of drug-likeness (QED) is 0.718.